The molecule has 12 heteroatoms. The van der Waals surface area contributed by atoms with Gasteiger partial charge >= 0.3 is 0 Å². The third kappa shape index (κ3) is 8.53. The number of fused-ring (bicyclic) bond motifs is 1. The van der Waals surface area contributed by atoms with Crippen LogP contribution in [-0.2, 0) is 20.9 Å². The molecule has 3 aromatic carbocycles. The van der Waals surface area contributed by atoms with E-state index >= 15 is 0 Å². The topological polar surface area (TPSA) is 114 Å². The largest absolute Gasteiger partial charge is 0.487 e. The van der Waals surface area contributed by atoms with Gasteiger partial charge in [0.25, 0.3) is 0 Å². The van der Waals surface area contributed by atoms with Crippen LogP contribution in [0.1, 0.15) is 12.0 Å². The zero-order valence-electron chi connectivity index (χ0n) is 22.4. The third-order valence-electron chi connectivity index (χ3n) is 5.92. The molecular weight excluding hydrogens is 569 g/mol. The lowest BCUT2D eigenvalue weighted by atomic mass is 10.1. The minimum atomic E-state index is -0.714. The third-order valence-corrected chi connectivity index (χ3v) is 6.86. The van der Waals surface area contributed by atoms with Gasteiger partial charge in [-0.15, -0.1) is 0 Å². The van der Waals surface area contributed by atoms with E-state index in [4.69, 9.17) is 21.1 Å². The number of nitrogens with zero attached hydrogens (tertiary/aromatic N) is 2. The maximum absolute atomic E-state index is 13.4. The molecule has 0 saturated carbocycles. The van der Waals surface area contributed by atoms with Crippen LogP contribution in [0.3, 0.4) is 0 Å². The van der Waals surface area contributed by atoms with E-state index in [1.807, 2.05) is 6.26 Å². The van der Waals surface area contributed by atoms with Crippen LogP contribution in [0.15, 0.2) is 67.0 Å². The Balaban J connectivity index is 1.48. The van der Waals surface area contributed by atoms with Gasteiger partial charge in [0.1, 0.15) is 43.0 Å². The number of aromatic nitrogens is 2. The van der Waals surface area contributed by atoms with E-state index in [-0.39, 0.29) is 30.8 Å². The van der Waals surface area contributed by atoms with E-state index in [9.17, 15) is 14.0 Å². The first-order valence-corrected chi connectivity index (χ1v) is 14.4. The number of carbonyl (C=O) groups is 2. The summed E-state index contributed by atoms with van der Waals surface area (Å²) in [5, 5.41) is 9.87. The van der Waals surface area contributed by atoms with Crippen LogP contribution in [0.5, 0.6) is 5.75 Å². The van der Waals surface area contributed by atoms with Gasteiger partial charge in [-0.1, -0.05) is 23.7 Å². The van der Waals surface area contributed by atoms with Crippen LogP contribution >= 0.6 is 23.4 Å². The highest BCUT2D eigenvalue weighted by molar-refractivity contribution is 7.98. The second kappa shape index (κ2) is 14.6. The normalized spacial score (nSPS) is 11.6. The molecule has 0 saturated heterocycles. The molecule has 2 amide bonds. The molecule has 4 rings (SSSR count). The van der Waals surface area contributed by atoms with Crippen LogP contribution in [0.25, 0.3) is 10.9 Å². The summed E-state index contributed by atoms with van der Waals surface area (Å²) in [5.74, 6) is 0.615. The van der Waals surface area contributed by atoms with Gasteiger partial charge in [-0.05, 0) is 72.5 Å². The molecule has 214 valence electrons. The van der Waals surface area contributed by atoms with Gasteiger partial charge in [0.2, 0.25) is 11.8 Å². The van der Waals surface area contributed by atoms with Crippen molar-refractivity contribution in [1.29, 1.82) is 0 Å². The molecule has 0 aliphatic carbocycles. The Morgan fingerprint density at radius 3 is 2.66 bits per heavy atom. The van der Waals surface area contributed by atoms with Gasteiger partial charge in [0.05, 0.1) is 10.5 Å². The van der Waals surface area contributed by atoms with Crippen molar-refractivity contribution in [3.05, 3.63) is 83.4 Å². The highest BCUT2D eigenvalue weighted by atomic mass is 35.5. The number of amides is 2. The Morgan fingerprint density at radius 2 is 1.90 bits per heavy atom. The summed E-state index contributed by atoms with van der Waals surface area (Å²) >= 11 is 8.04. The molecule has 41 heavy (non-hydrogen) atoms. The molecule has 0 unspecified atom stereocenters. The second-order valence-corrected chi connectivity index (χ2v) is 10.4. The zero-order chi connectivity index (χ0) is 29.2. The van der Waals surface area contributed by atoms with Crippen molar-refractivity contribution in [2.24, 2.45) is 0 Å². The minimum Gasteiger partial charge on any atom is -0.487 e. The smallest absolute Gasteiger partial charge is 0.246 e. The molecule has 0 fully saturated rings. The predicted octanol–water partition coefficient (Wildman–Crippen LogP) is 5.57. The van der Waals surface area contributed by atoms with Gasteiger partial charge < -0.3 is 25.4 Å². The van der Waals surface area contributed by atoms with Crippen LogP contribution in [0, 0.1) is 5.82 Å². The summed E-state index contributed by atoms with van der Waals surface area (Å²) in [5.41, 5.74) is 2.52. The number of thioether (sulfide) groups is 1. The molecule has 1 heterocycles. The number of methoxy groups -OCH3 is 1. The fourth-order valence-corrected chi connectivity index (χ4v) is 4.66. The number of anilines is 3. The van der Waals surface area contributed by atoms with E-state index in [0.717, 1.165) is 0 Å². The predicted molar refractivity (Wildman–Crippen MR) is 160 cm³/mol. The maximum Gasteiger partial charge on any atom is 0.246 e. The van der Waals surface area contributed by atoms with Gasteiger partial charge in [-0.25, -0.2) is 14.4 Å². The molecular formula is C29H29ClFN5O4S. The summed E-state index contributed by atoms with van der Waals surface area (Å²) < 4.78 is 24.1. The van der Waals surface area contributed by atoms with Crippen molar-refractivity contribution in [1.82, 2.24) is 15.3 Å². The first-order chi connectivity index (χ1) is 19.9. The number of hydrogen-bond acceptors (Lipinski definition) is 8. The summed E-state index contributed by atoms with van der Waals surface area (Å²) in [4.78, 5) is 33.8. The van der Waals surface area contributed by atoms with Crippen molar-refractivity contribution >= 4 is 63.3 Å². The summed E-state index contributed by atoms with van der Waals surface area (Å²) in [7, 11) is 1.42. The summed E-state index contributed by atoms with van der Waals surface area (Å²) in [6.45, 7) is 0.0407. The molecule has 3 N–H and O–H groups in total. The molecule has 1 aromatic heterocycles. The lowest BCUT2D eigenvalue weighted by Crippen LogP contribution is -2.45. The second-order valence-electron chi connectivity index (χ2n) is 8.97. The zero-order valence-corrected chi connectivity index (χ0v) is 24.0. The van der Waals surface area contributed by atoms with Crippen LogP contribution in [-0.4, -0.2) is 53.5 Å². The Labute approximate surface area is 246 Å². The number of benzene rings is 3. The average Bonchev–Trinajstić information content (AvgIpc) is 2.95. The number of hydrogen-bond donors (Lipinski definition) is 3. The van der Waals surface area contributed by atoms with E-state index < -0.39 is 6.04 Å². The first-order valence-electron chi connectivity index (χ1n) is 12.6. The van der Waals surface area contributed by atoms with Crippen molar-refractivity contribution in [2.45, 2.75) is 19.1 Å². The fraction of sp³-hybridized carbons (Fsp3) is 0.241. The van der Waals surface area contributed by atoms with E-state index in [1.54, 1.807) is 60.3 Å². The SMILES string of the molecule is COCC(=O)N[C@@H](CCSC)C(=O)Nc1ccc2ncnc(Nc3ccc(OCc4cccc(F)c4)c(Cl)c3)c2c1. The lowest BCUT2D eigenvalue weighted by molar-refractivity contribution is -0.129. The van der Waals surface area contributed by atoms with Gasteiger partial charge in [0, 0.05) is 23.9 Å². The minimum absolute atomic E-state index is 0.129. The number of ether oxygens (including phenoxy) is 2. The van der Waals surface area contributed by atoms with Crippen LogP contribution < -0.4 is 20.7 Å². The number of halogens is 2. The Bertz CT molecular complexity index is 1530. The number of carbonyl (C=O) groups excluding carboxylic acids is 2. The molecule has 1 atom stereocenters. The molecule has 4 aromatic rings. The molecule has 0 spiro atoms. The van der Waals surface area contributed by atoms with Gasteiger partial charge in [-0.2, -0.15) is 11.8 Å². The molecule has 0 aliphatic heterocycles. The van der Waals surface area contributed by atoms with E-state index in [2.05, 4.69) is 25.9 Å². The Morgan fingerprint density at radius 1 is 1.07 bits per heavy atom. The van der Waals surface area contributed by atoms with Crippen molar-refractivity contribution in [3.63, 3.8) is 0 Å². The van der Waals surface area contributed by atoms with Crippen molar-refractivity contribution < 1.29 is 23.5 Å². The van der Waals surface area contributed by atoms with Crippen molar-refractivity contribution in [2.75, 3.05) is 36.4 Å². The maximum atomic E-state index is 13.4. The molecule has 9 nitrogen and oxygen atoms in total. The standard InChI is InChI=1S/C29H29ClFN5O4S/c1-39-16-27(37)36-25(10-11-41-2)29(38)35-20-6-8-24-22(13-20)28(33-17-32-24)34-21-7-9-26(23(30)14-21)40-15-18-4-3-5-19(31)12-18/h3-9,12-14,17,25H,10-11,15-16H2,1-2H3,(H,35,38)(H,36,37)(H,32,33,34)/t25-/m0/s1. The first kappa shape index (κ1) is 30.0. The lowest BCUT2D eigenvalue weighted by Gasteiger charge is -2.18. The van der Waals surface area contributed by atoms with Crippen LogP contribution in [0.2, 0.25) is 5.02 Å². The van der Waals surface area contributed by atoms with Gasteiger partial charge in [0.15, 0.2) is 0 Å². The summed E-state index contributed by atoms with van der Waals surface area (Å²) in [6, 6.07) is 15.9. The fourth-order valence-electron chi connectivity index (χ4n) is 3.96. The molecule has 0 bridgehead atoms. The average molecular weight is 598 g/mol. The van der Waals surface area contributed by atoms with Gasteiger partial charge in [-0.3, -0.25) is 9.59 Å². The summed E-state index contributed by atoms with van der Waals surface area (Å²) in [6.07, 6.45) is 3.84. The van der Waals surface area contributed by atoms with E-state index in [0.29, 0.717) is 56.6 Å². The molecule has 0 aliphatic rings. The number of nitrogens with one attached hydrogen (secondary N) is 3. The molecule has 0 radical (unpaired) electrons. The monoisotopic (exact) mass is 597 g/mol. The van der Waals surface area contributed by atoms with Crippen molar-refractivity contribution in [3.8, 4) is 5.75 Å². The number of rotatable bonds is 13. The van der Waals surface area contributed by atoms with Crippen LogP contribution in [0.4, 0.5) is 21.6 Å². The van der Waals surface area contributed by atoms with E-state index in [1.165, 1.54) is 25.6 Å². The highest BCUT2D eigenvalue weighted by Crippen LogP contribution is 2.31. The quantitative estimate of drug-likeness (QED) is 0.183. The highest BCUT2D eigenvalue weighted by Gasteiger charge is 2.21. The Hall–Kier alpha value is -3.93. The Kier molecular flexibility index (Phi) is 10.7.